The van der Waals surface area contributed by atoms with Crippen molar-refractivity contribution in [1.82, 2.24) is 0 Å². The lowest BCUT2D eigenvalue weighted by atomic mass is 10.00. The third-order valence-corrected chi connectivity index (χ3v) is 3.49. The predicted octanol–water partition coefficient (Wildman–Crippen LogP) is 0.860. The predicted molar refractivity (Wildman–Crippen MR) is 60.0 cm³/mol. The molecule has 3 N–H and O–H groups in total. The van der Waals surface area contributed by atoms with Crippen LogP contribution in [0.2, 0.25) is 0 Å². The lowest BCUT2D eigenvalue weighted by Crippen LogP contribution is -2.12. The van der Waals surface area contributed by atoms with E-state index in [0.717, 1.165) is 6.26 Å². The van der Waals surface area contributed by atoms with Gasteiger partial charge >= 0.3 is 5.97 Å². The molecule has 1 aromatic rings. The Kier molecular flexibility index (Phi) is 3.23. The smallest absolute Gasteiger partial charge is 0.310 e. The van der Waals surface area contributed by atoms with Crippen molar-refractivity contribution >= 4 is 21.5 Å². The maximum atomic E-state index is 11.4. The number of hydrogen-bond donors (Lipinski definition) is 2. The van der Waals surface area contributed by atoms with E-state index in [4.69, 9.17) is 10.8 Å². The van der Waals surface area contributed by atoms with Crippen LogP contribution in [0.25, 0.3) is 0 Å². The number of anilines is 1. The maximum absolute atomic E-state index is 11.4. The number of carboxylic acid groups (broad SMARTS) is 1. The summed E-state index contributed by atoms with van der Waals surface area (Å²) in [5.74, 6) is -1.88. The van der Waals surface area contributed by atoms with Crippen LogP contribution in [0.4, 0.5) is 5.69 Å². The highest BCUT2D eigenvalue weighted by Gasteiger charge is 2.21. The Hall–Kier alpha value is -1.56. The third kappa shape index (κ3) is 2.33. The fourth-order valence-corrected chi connectivity index (χ4v) is 2.24. The maximum Gasteiger partial charge on any atom is 0.310 e. The van der Waals surface area contributed by atoms with Crippen LogP contribution in [0.5, 0.6) is 0 Å². The summed E-state index contributed by atoms with van der Waals surface area (Å²) in [6, 6.07) is 4.37. The van der Waals surface area contributed by atoms with Crippen LogP contribution >= 0.6 is 0 Å². The standard InChI is InChI=1S/C10H13NO4S/c1-6(10(12)13)7-4-3-5-8(9(7)11)16(2,14)15/h3-6H,11H2,1-2H3,(H,12,13). The molecule has 5 nitrogen and oxygen atoms in total. The molecule has 1 unspecified atom stereocenters. The Labute approximate surface area is 93.8 Å². The lowest BCUT2D eigenvalue weighted by Gasteiger charge is -2.12. The average Bonchev–Trinajstić information content (AvgIpc) is 2.15. The normalized spacial score (nSPS) is 13.4. The zero-order valence-corrected chi connectivity index (χ0v) is 9.78. The van der Waals surface area contributed by atoms with E-state index in [2.05, 4.69) is 0 Å². The fraction of sp³-hybridized carbons (Fsp3) is 0.300. The average molecular weight is 243 g/mol. The van der Waals surface area contributed by atoms with Crippen molar-refractivity contribution in [2.45, 2.75) is 17.7 Å². The van der Waals surface area contributed by atoms with Gasteiger partial charge in [-0.25, -0.2) is 8.42 Å². The van der Waals surface area contributed by atoms with Crippen molar-refractivity contribution in [1.29, 1.82) is 0 Å². The van der Waals surface area contributed by atoms with Gasteiger partial charge in [-0.2, -0.15) is 0 Å². The number of nitrogens with two attached hydrogens (primary N) is 1. The van der Waals surface area contributed by atoms with Crippen LogP contribution in [-0.2, 0) is 14.6 Å². The highest BCUT2D eigenvalue weighted by molar-refractivity contribution is 7.90. The SMILES string of the molecule is CC(C(=O)O)c1cccc(S(C)(=O)=O)c1N. The van der Waals surface area contributed by atoms with Gasteiger partial charge in [-0.1, -0.05) is 12.1 Å². The summed E-state index contributed by atoms with van der Waals surface area (Å²) in [6.07, 6.45) is 1.04. The topological polar surface area (TPSA) is 97.5 Å². The van der Waals surface area contributed by atoms with E-state index >= 15 is 0 Å². The summed E-state index contributed by atoms with van der Waals surface area (Å²) in [4.78, 5) is 10.8. The van der Waals surface area contributed by atoms with E-state index in [0.29, 0.717) is 5.56 Å². The second kappa shape index (κ2) is 4.13. The molecule has 6 heteroatoms. The highest BCUT2D eigenvalue weighted by Crippen LogP contribution is 2.28. The van der Waals surface area contributed by atoms with Crippen molar-refractivity contribution in [3.63, 3.8) is 0 Å². The number of para-hydroxylation sites is 1. The van der Waals surface area contributed by atoms with E-state index in [-0.39, 0.29) is 10.6 Å². The minimum Gasteiger partial charge on any atom is -0.481 e. The zero-order chi connectivity index (χ0) is 12.5. The minimum absolute atomic E-state index is 0.0138. The van der Waals surface area contributed by atoms with Crippen molar-refractivity contribution in [2.75, 3.05) is 12.0 Å². The van der Waals surface area contributed by atoms with Crippen LogP contribution in [0.3, 0.4) is 0 Å². The quantitative estimate of drug-likeness (QED) is 0.767. The van der Waals surface area contributed by atoms with Crippen LogP contribution in [0, 0.1) is 0 Å². The van der Waals surface area contributed by atoms with Gasteiger partial charge in [0.1, 0.15) is 0 Å². The molecule has 0 bridgehead atoms. The second-order valence-electron chi connectivity index (χ2n) is 3.59. The van der Waals surface area contributed by atoms with Gasteiger partial charge in [0, 0.05) is 6.26 Å². The Morgan fingerprint density at radius 1 is 1.44 bits per heavy atom. The Morgan fingerprint density at radius 2 is 2.00 bits per heavy atom. The molecule has 1 atom stereocenters. The number of nitrogen functional groups attached to an aromatic ring is 1. The number of carbonyl (C=O) groups is 1. The summed E-state index contributed by atoms with van der Waals surface area (Å²) in [5.41, 5.74) is 5.99. The minimum atomic E-state index is -3.43. The summed E-state index contributed by atoms with van der Waals surface area (Å²) in [5, 5.41) is 8.85. The Bertz CT molecular complexity index is 522. The van der Waals surface area contributed by atoms with Crippen LogP contribution in [-0.4, -0.2) is 25.7 Å². The van der Waals surface area contributed by atoms with Crippen molar-refractivity contribution in [3.8, 4) is 0 Å². The first-order valence-corrected chi connectivity index (χ1v) is 6.45. The molecule has 88 valence electrons. The molecule has 0 aliphatic heterocycles. The van der Waals surface area contributed by atoms with Gasteiger partial charge in [0.25, 0.3) is 0 Å². The van der Waals surface area contributed by atoms with Gasteiger partial charge in [-0.3, -0.25) is 4.79 Å². The van der Waals surface area contributed by atoms with Gasteiger partial charge < -0.3 is 10.8 Å². The number of benzene rings is 1. The zero-order valence-electron chi connectivity index (χ0n) is 8.97. The molecular formula is C10H13NO4S. The first-order chi connectivity index (χ1) is 7.25. The number of sulfone groups is 1. The summed E-state index contributed by atoms with van der Waals surface area (Å²) < 4.78 is 22.7. The first kappa shape index (κ1) is 12.5. The van der Waals surface area contributed by atoms with Crippen LogP contribution in [0.15, 0.2) is 23.1 Å². The van der Waals surface area contributed by atoms with Gasteiger partial charge in [0.15, 0.2) is 9.84 Å². The van der Waals surface area contributed by atoms with Crippen molar-refractivity contribution in [2.24, 2.45) is 0 Å². The molecule has 0 fully saturated rings. The third-order valence-electron chi connectivity index (χ3n) is 2.34. The molecule has 0 spiro atoms. The van der Waals surface area contributed by atoms with E-state index in [9.17, 15) is 13.2 Å². The Morgan fingerprint density at radius 3 is 2.44 bits per heavy atom. The number of rotatable bonds is 3. The van der Waals surface area contributed by atoms with E-state index < -0.39 is 21.7 Å². The molecule has 0 aromatic heterocycles. The Balaban J connectivity index is 3.41. The molecule has 1 rings (SSSR count). The van der Waals surface area contributed by atoms with E-state index in [1.54, 1.807) is 0 Å². The summed E-state index contributed by atoms with van der Waals surface area (Å²) in [6.45, 7) is 1.46. The fourth-order valence-electron chi connectivity index (χ4n) is 1.39. The summed E-state index contributed by atoms with van der Waals surface area (Å²) >= 11 is 0. The van der Waals surface area contributed by atoms with Gasteiger partial charge in [0.05, 0.1) is 16.5 Å². The largest absolute Gasteiger partial charge is 0.481 e. The monoisotopic (exact) mass is 243 g/mol. The second-order valence-corrected chi connectivity index (χ2v) is 5.58. The van der Waals surface area contributed by atoms with Crippen molar-refractivity contribution < 1.29 is 18.3 Å². The molecule has 0 radical (unpaired) electrons. The first-order valence-electron chi connectivity index (χ1n) is 4.56. The molecule has 0 saturated heterocycles. The van der Waals surface area contributed by atoms with Gasteiger partial charge in [0.2, 0.25) is 0 Å². The number of hydrogen-bond acceptors (Lipinski definition) is 4. The molecule has 16 heavy (non-hydrogen) atoms. The number of aliphatic carboxylic acids is 1. The molecule has 0 saturated carbocycles. The molecule has 0 aliphatic carbocycles. The summed E-state index contributed by atoms with van der Waals surface area (Å²) in [7, 11) is -3.43. The van der Waals surface area contributed by atoms with Gasteiger partial charge in [-0.05, 0) is 18.6 Å². The molecule has 1 aromatic carbocycles. The van der Waals surface area contributed by atoms with E-state index in [1.165, 1.54) is 25.1 Å². The van der Waals surface area contributed by atoms with Gasteiger partial charge in [-0.15, -0.1) is 0 Å². The van der Waals surface area contributed by atoms with Crippen LogP contribution < -0.4 is 5.73 Å². The number of carboxylic acids is 1. The molecule has 0 amide bonds. The van der Waals surface area contributed by atoms with E-state index in [1.807, 2.05) is 0 Å². The molecule has 0 heterocycles. The van der Waals surface area contributed by atoms with Crippen molar-refractivity contribution in [3.05, 3.63) is 23.8 Å². The molecular weight excluding hydrogens is 230 g/mol. The lowest BCUT2D eigenvalue weighted by molar-refractivity contribution is -0.138. The molecule has 0 aliphatic rings. The van der Waals surface area contributed by atoms with Crippen LogP contribution in [0.1, 0.15) is 18.4 Å². The highest BCUT2D eigenvalue weighted by atomic mass is 32.2.